The minimum absolute atomic E-state index is 0.0972. The van der Waals surface area contributed by atoms with E-state index >= 15 is 0 Å². The Labute approximate surface area is 138 Å². The number of carbonyl (C=O) groups excluding carboxylic acids is 1. The normalized spacial score (nSPS) is 10.6. The van der Waals surface area contributed by atoms with E-state index in [0.717, 1.165) is 28.7 Å². The molecular weight excluding hydrogens is 312 g/mol. The van der Waals surface area contributed by atoms with Crippen LogP contribution in [-0.2, 0) is 6.54 Å². The second kappa shape index (κ2) is 6.62. The lowest BCUT2D eigenvalue weighted by molar-refractivity contribution is 0.0992. The summed E-state index contributed by atoms with van der Waals surface area (Å²) in [6.45, 7) is 0.569. The first kappa shape index (κ1) is 15.9. The molecule has 1 heterocycles. The Morgan fingerprint density at radius 2 is 2.04 bits per heavy atom. The zero-order valence-electron chi connectivity index (χ0n) is 13.0. The van der Waals surface area contributed by atoms with Crippen LogP contribution in [0, 0.1) is 11.6 Å². The highest BCUT2D eigenvalue weighted by Crippen LogP contribution is 2.21. The van der Waals surface area contributed by atoms with Crippen molar-refractivity contribution in [3.05, 3.63) is 83.9 Å². The molecule has 0 saturated carbocycles. The standard InChI is InChI=1S/C18H15F2N3O/c1-22(17-10-15(19)5-6-16(17)20)18(24)14-4-2-3-13(9-14)11-23-8-7-21-12-23/h2-10,12H,11H2,1H3. The van der Waals surface area contributed by atoms with E-state index in [0.29, 0.717) is 12.1 Å². The van der Waals surface area contributed by atoms with E-state index in [4.69, 9.17) is 0 Å². The van der Waals surface area contributed by atoms with E-state index < -0.39 is 17.5 Å². The molecule has 0 aliphatic rings. The van der Waals surface area contributed by atoms with Crippen LogP contribution in [0.5, 0.6) is 0 Å². The molecule has 1 aromatic heterocycles. The molecule has 6 heteroatoms. The molecule has 0 spiro atoms. The molecule has 3 rings (SSSR count). The molecule has 4 nitrogen and oxygen atoms in total. The van der Waals surface area contributed by atoms with Gasteiger partial charge in [0.05, 0.1) is 12.0 Å². The van der Waals surface area contributed by atoms with Crippen LogP contribution in [0.1, 0.15) is 15.9 Å². The van der Waals surface area contributed by atoms with Gasteiger partial charge in [-0.25, -0.2) is 13.8 Å². The van der Waals surface area contributed by atoms with Crippen LogP contribution in [0.3, 0.4) is 0 Å². The lowest BCUT2D eigenvalue weighted by Crippen LogP contribution is -2.27. The number of benzene rings is 2. The second-order valence-corrected chi connectivity index (χ2v) is 5.40. The summed E-state index contributed by atoms with van der Waals surface area (Å²) in [6, 6.07) is 10.0. The number of hydrogen-bond donors (Lipinski definition) is 0. The number of amides is 1. The Balaban J connectivity index is 1.85. The molecule has 1 amide bonds. The van der Waals surface area contributed by atoms with Crippen LogP contribution in [0.2, 0.25) is 0 Å². The van der Waals surface area contributed by atoms with Gasteiger partial charge >= 0.3 is 0 Å². The number of nitrogens with zero attached hydrogens (tertiary/aromatic N) is 3. The van der Waals surface area contributed by atoms with E-state index in [1.165, 1.54) is 7.05 Å². The summed E-state index contributed by atoms with van der Waals surface area (Å²) < 4.78 is 29.1. The highest BCUT2D eigenvalue weighted by molar-refractivity contribution is 6.05. The minimum atomic E-state index is -0.651. The largest absolute Gasteiger partial charge is 0.333 e. The van der Waals surface area contributed by atoms with Gasteiger partial charge in [0.2, 0.25) is 0 Å². The zero-order valence-corrected chi connectivity index (χ0v) is 13.0. The summed E-state index contributed by atoms with van der Waals surface area (Å²) in [6.07, 6.45) is 5.18. The number of aromatic nitrogens is 2. The van der Waals surface area contributed by atoms with Crippen molar-refractivity contribution >= 4 is 11.6 Å². The molecule has 0 unspecified atom stereocenters. The molecule has 0 aliphatic heterocycles. The molecule has 0 aliphatic carbocycles. The van der Waals surface area contributed by atoms with Crippen LogP contribution in [0.25, 0.3) is 0 Å². The SMILES string of the molecule is CN(C(=O)c1cccc(Cn2ccnc2)c1)c1cc(F)ccc1F. The van der Waals surface area contributed by atoms with Crippen LogP contribution in [0.15, 0.2) is 61.2 Å². The summed E-state index contributed by atoms with van der Waals surface area (Å²) in [5.74, 6) is -1.66. The fraction of sp³-hybridized carbons (Fsp3) is 0.111. The highest BCUT2D eigenvalue weighted by atomic mass is 19.1. The summed E-state index contributed by atoms with van der Waals surface area (Å²) in [5, 5.41) is 0. The van der Waals surface area contributed by atoms with Crippen molar-refractivity contribution in [2.24, 2.45) is 0 Å². The number of rotatable bonds is 4. The molecule has 0 radical (unpaired) electrons. The van der Waals surface area contributed by atoms with E-state index in [1.807, 2.05) is 16.8 Å². The van der Waals surface area contributed by atoms with Crippen molar-refractivity contribution in [3.63, 3.8) is 0 Å². The average Bonchev–Trinajstić information content (AvgIpc) is 3.09. The maximum atomic E-state index is 13.9. The van der Waals surface area contributed by atoms with Gasteiger partial charge in [0.1, 0.15) is 11.6 Å². The van der Waals surface area contributed by atoms with Gasteiger partial charge in [0, 0.05) is 37.6 Å². The Morgan fingerprint density at radius 3 is 2.79 bits per heavy atom. The number of imidazole rings is 1. The maximum absolute atomic E-state index is 13.9. The van der Waals surface area contributed by atoms with Crippen molar-refractivity contribution in [2.45, 2.75) is 6.54 Å². The van der Waals surface area contributed by atoms with Crippen LogP contribution in [-0.4, -0.2) is 22.5 Å². The van der Waals surface area contributed by atoms with E-state index in [2.05, 4.69) is 4.98 Å². The molecule has 0 atom stereocenters. The minimum Gasteiger partial charge on any atom is -0.333 e. The van der Waals surface area contributed by atoms with Gasteiger partial charge in [-0.2, -0.15) is 0 Å². The maximum Gasteiger partial charge on any atom is 0.258 e. The summed E-state index contributed by atoms with van der Waals surface area (Å²) in [7, 11) is 1.42. The lowest BCUT2D eigenvalue weighted by Gasteiger charge is -2.18. The first-order valence-corrected chi connectivity index (χ1v) is 7.32. The molecule has 24 heavy (non-hydrogen) atoms. The Bertz CT molecular complexity index is 862. The van der Waals surface area contributed by atoms with Crippen molar-refractivity contribution in [2.75, 3.05) is 11.9 Å². The number of carbonyl (C=O) groups is 1. The number of anilines is 1. The fourth-order valence-corrected chi connectivity index (χ4v) is 2.44. The third kappa shape index (κ3) is 3.32. The van der Waals surface area contributed by atoms with Crippen molar-refractivity contribution in [1.82, 2.24) is 9.55 Å². The van der Waals surface area contributed by atoms with Gasteiger partial charge in [-0.3, -0.25) is 4.79 Å². The smallest absolute Gasteiger partial charge is 0.258 e. The van der Waals surface area contributed by atoms with E-state index in [-0.39, 0.29) is 5.69 Å². The number of hydrogen-bond acceptors (Lipinski definition) is 2. The van der Waals surface area contributed by atoms with Crippen molar-refractivity contribution in [3.8, 4) is 0 Å². The number of halogens is 2. The Morgan fingerprint density at radius 1 is 1.21 bits per heavy atom. The predicted octanol–water partition coefficient (Wildman–Crippen LogP) is 3.49. The predicted molar refractivity (Wildman–Crippen MR) is 86.9 cm³/mol. The average molecular weight is 327 g/mol. The van der Waals surface area contributed by atoms with Gasteiger partial charge in [-0.1, -0.05) is 12.1 Å². The Hall–Kier alpha value is -3.02. The van der Waals surface area contributed by atoms with Crippen molar-refractivity contribution in [1.29, 1.82) is 0 Å². The first-order valence-electron chi connectivity index (χ1n) is 7.32. The highest BCUT2D eigenvalue weighted by Gasteiger charge is 2.17. The van der Waals surface area contributed by atoms with Crippen LogP contribution in [0.4, 0.5) is 14.5 Å². The van der Waals surface area contributed by atoms with Crippen LogP contribution >= 0.6 is 0 Å². The van der Waals surface area contributed by atoms with E-state index in [1.54, 1.807) is 30.7 Å². The molecular formula is C18H15F2N3O. The fourth-order valence-electron chi connectivity index (χ4n) is 2.44. The zero-order chi connectivity index (χ0) is 17.1. The van der Waals surface area contributed by atoms with Gasteiger partial charge in [0.15, 0.2) is 0 Å². The molecule has 0 saturated heterocycles. The molecule has 3 aromatic rings. The first-order chi connectivity index (χ1) is 11.5. The summed E-state index contributed by atoms with van der Waals surface area (Å²) >= 11 is 0. The second-order valence-electron chi connectivity index (χ2n) is 5.40. The van der Waals surface area contributed by atoms with Gasteiger partial charge in [0.25, 0.3) is 5.91 Å². The molecule has 2 aromatic carbocycles. The van der Waals surface area contributed by atoms with Gasteiger partial charge < -0.3 is 9.47 Å². The molecule has 0 bridgehead atoms. The molecule has 0 fully saturated rings. The molecule has 0 N–H and O–H groups in total. The molecule has 122 valence electrons. The van der Waals surface area contributed by atoms with Gasteiger partial charge in [-0.15, -0.1) is 0 Å². The lowest BCUT2D eigenvalue weighted by atomic mass is 10.1. The topological polar surface area (TPSA) is 38.1 Å². The van der Waals surface area contributed by atoms with E-state index in [9.17, 15) is 13.6 Å². The Kier molecular flexibility index (Phi) is 4.37. The monoisotopic (exact) mass is 327 g/mol. The summed E-state index contributed by atoms with van der Waals surface area (Å²) in [5.41, 5.74) is 1.21. The van der Waals surface area contributed by atoms with Crippen LogP contribution < -0.4 is 4.90 Å². The third-order valence-corrected chi connectivity index (χ3v) is 3.67. The quantitative estimate of drug-likeness (QED) is 0.736. The summed E-state index contributed by atoms with van der Waals surface area (Å²) in [4.78, 5) is 17.7. The third-order valence-electron chi connectivity index (χ3n) is 3.67. The van der Waals surface area contributed by atoms with Crippen molar-refractivity contribution < 1.29 is 13.6 Å². The van der Waals surface area contributed by atoms with Gasteiger partial charge in [-0.05, 0) is 29.8 Å².